The molecule has 3 N–H and O–H groups in total. The third kappa shape index (κ3) is 13.5. The van der Waals surface area contributed by atoms with Gasteiger partial charge in [-0.15, -0.1) is 0 Å². The summed E-state index contributed by atoms with van der Waals surface area (Å²) in [7, 11) is 0. The van der Waals surface area contributed by atoms with Gasteiger partial charge in [-0.05, 0) is 398 Å². The standard InChI is InChI=1S/C36H62O4.2C35H60O4/c1-21(2)39-28-15-16-33(9)26-13-12-25-30-24(6)23(5)14-17-36(30,31(37)38)19-18-34(25,10)35(26,11)29(40-22(3)4)20-27(33)32(28,7)8;1-11-38-28-20-26-31(6,7)27(39-21(2)3)15-16-32(26,8)25-13-12-24-29-23(5)22(4)14-17-35(29,30(36)37)19-18-33(24,9)34(25,28)10;1-11-38-27-15-16-32(8)25-13-12-24-29-23(5)22(4)14-17-35(29,30(36)37)19-18-33(24,9)34(25,10)28(39-21(2)3)20-26(32)31(27,6)7/h21-30H,12-20H2,1-11H3,(H,37,38);2*21-29H,11-20H2,1-10H3,(H,36,37). The first-order valence-corrected chi connectivity index (χ1v) is 50.2. The molecule has 15 fully saturated rings. The highest BCUT2D eigenvalue weighted by atomic mass is 16.5. The summed E-state index contributed by atoms with van der Waals surface area (Å²) in [5.41, 5.74) is -0.199. The van der Waals surface area contributed by atoms with Crippen molar-refractivity contribution in [3.63, 3.8) is 0 Å². The van der Waals surface area contributed by atoms with E-state index < -0.39 is 34.2 Å². The van der Waals surface area contributed by atoms with Crippen molar-refractivity contribution in [1.29, 1.82) is 0 Å². The normalized spacial score (nSPS) is 52.5. The van der Waals surface area contributed by atoms with Crippen LogP contribution in [0.5, 0.6) is 0 Å². The Morgan fingerprint density at radius 2 is 0.542 bits per heavy atom. The third-order valence-corrected chi connectivity index (χ3v) is 44.5. The van der Waals surface area contributed by atoms with Crippen LogP contribution in [0.15, 0.2) is 0 Å². The number of carbonyl (C=O) groups is 3. The maximum atomic E-state index is 13.1. The lowest BCUT2D eigenvalue weighted by Gasteiger charge is -2.75. The van der Waals surface area contributed by atoms with Crippen molar-refractivity contribution >= 4 is 17.9 Å². The number of carboxylic acids is 3. The van der Waals surface area contributed by atoms with E-state index in [1.54, 1.807) is 0 Å². The van der Waals surface area contributed by atoms with Crippen LogP contribution < -0.4 is 0 Å². The number of hydrogen-bond donors (Lipinski definition) is 3. The van der Waals surface area contributed by atoms with Gasteiger partial charge < -0.3 is 43.7 Å². The molecule has 12 nitrogen and oxygen atoms in total. The lowest BCUT2D eigenvalue weighted by molar-refractivity contribution is -0.304. The van der Waals surface area contributed by atoms with Crippen molar-refractivity contribution in [2.75, 3.05) is 13.2 Å². The Kier molecular flexibility index (Phi) is 25.5. The fraction of sp³-hybridized carbons (Fsp3) is 0.972. The van der Waals surface area contributed by atoms with Crippen molar-refractivity contribution in [3.8, 4) is 0 Å². The molecule has 0 aromatic carbocycles. The Hall–Kier alpha value is -1.83. The topological polar surface area (TPSA) is 167 Å². The number of hydrogen-bond acceptors (Lipinski definition) is 9. The molecule has 678 valence electrons. The molecule has 12 heteroatoms. The zero-order valence-corrected chi connectivity index (χ0v) is 81.7. The molecule has 0 amide bonds. The SMILES string of the molecule is CC(C)OC1CCC2(C)C(CC(OC(C)C)C3(C)C2CCC2C4C(C)C(C)CCC4(C(=O)O)CCC23C)C1(C)C.CCOC1CC2C(C)(C)C(OC(C)C)CCC2(C)C2CCC3C4C(C)C(C)CCC4(C(=O)O)CCC3(C)C12C.CCOC1CCC2(C)C(CC(OC(C)C)C3(C)C2CCC2C4C(C)C(C)CCC4(C(=O)O)CCC23C)C1(C)C. The molecule has 0 bridgehead atoms. The number of rotatable bonds is 15. The van der Waals surface area contributed by atoms with Crippen LogP contribution in [0.4, 0.5) is 0 Å². The van der Waals surface area contributed by atoms with Crippen molar-refractivity contribution in [2.24, 2.45) is 188 Å². The first kappa shape index (κ1) is 93.8. The van der Waals surface area contributed by atoms with E-state index in [2.05, 4.69) is 215 Å². The van der Waals surface area contributed by atoms with Gasteiger partial charge in [-0.2, -0.15) is 0 Å². The van der Waals surface area contributed by atoms with Gasteiger partial charge in [0, 0.05) is 29.5 Å². The minimum atomic E-state index is -0.539. The number of ether oxygens (including phenoxy) is 6. The van der Waals surface area contributed by atoms with Crippen LogP contribution in [0.25, 0.3) is 0 Å². The van der Waals surface area contributed by atoms with Crippen LogP contribution in [0.2, 0.25) is 0 Å². The summed E-state index contributed by atoms with van der Waals surface area (Å²) in [6.45, 7) is 76.2. The Morgan fingerprint density at radius 3 is 0.814 bits per heavy atom. The van der Waals surface area contributed by atoms with Gasteiger partial charge in [-0.3, -0.25) is 14.4 Å². The van der Waals surface area contributed by atoms with Crippen LogP contribution in [0.1, 0.15) is 388 Å². The lowest BCUT2D eigenvalue weighted by atomic mass is 9.30. The summed E-state index contributed by atoms with van der Waals surface area (Å²) in [5, 5.41) is 32.3. The second-order valence-corrected chi connectivity index (χ2v) is 50.4. The van der Waals surface area contributed by atoms with Gasteiger partial charge in [-0.1, -0.05) is 145 Å². The third-order valence-electron chi connectivity index (χ3n) is 44.5. The average Bonchev–Trinajstić information content (AvgIpc) is 0.676. The minimum Gasteiger partial charge on any atom is -0.481 e. The smallest absolute Gasteiger partial charge is 0.309 e. The van der Waals surface area contributed by atoms with Gasteiger partial charge in [0.05, 0.1) is 77.3 Å². The molecule has 0 aromatic rings. The lowest BCUT2D eigenvalue weighted by Crippen LogP contribution is -2.72. The van der Waals surface area contributed by atoms with E-state index in [1.165, 1.54) is 57.8 Å². The molecule has 0 radical (unpaired) electrons. The summed E-state index contributed by atoms with van der Waals surface area (Å²) in [5.74, 6) is 7.22. The summed E-state index contributed by atoms with van der Waals surface area (Å²) in [6.07, 6.45) is 31.3. The molecule has 15 saturated carbocycles. The van der Waals surface area contributed by atoms with E-state index in [1.807, 2.05) is 0 Å². The van der Waals surface area contributed by atoms with E-state index in [4.69, 9.17) is 28.4 Å². The van der Waals surface area contributed by atoms with Crippen molar-refractivity contribution < 1.29 is 58.1 Å². The summed E-state index contributed by atoms with van der Waals surface area (Å²) >= 11 is 0. The second kappa shape index (κ2) is 32.1. The van der Waals surface area contributed by atoms with Crippen LogP contribution in [-0.2, 0) is 42.8 Å². The fourth-order valence-corrected chi connectivity index (χ4v) is 37.8. The zero-order chi connectivity index (χ0) is 87.1. The Morgan fingerprint density at radius 1 is 0.297 bits per heavy atom. The summed E-state index contributed by atoms with van der Waals surface area (Å²) in [4.78, 5) is 39.2. The molecule has 118 heavy (non-hydrogen) atoms. The van der Waals surface area contributed by atoms with E-state index in [0.717, 1.165) is 129 Å². The molecule has 0 aromatic heterocycles. The summed E-state index contributed by atoms with van der Waals surface area (Å²) in [6, 6.07) is 0. The minimum absolute atomic E-state index is 0.0261. The molecule has 36 atom stereocenters. The summed E-state index contributed by atoms with van der Waals surface area (Å²) < 4.78 is 40.6. The van der Waals surface area contributed by atoms with Gasteiger partial charge in [0.25, 0.3) is 0 Å². The van der Waals surface area contributed by atoms with Gasteiger partial charge >= 0.3 is 17.9 Å². The molecule has 0 saturated heterocycles. The monoisotopic (exact) mass is 1650 g/mol. The quantitative estimate of drug-likeness (QED) is 0.142. The first-order chi connectivity index (χ1) is 54.7. The fourth-order valence-electron chi connectivity index (χ4n) is 37.8. The predicted molar refractivity (Wildman–Crippen MR) is 477 cm³/mol. The van der Waals surface area contributed by atoms with Gasteiger partial charge in [0.1, 0.15) is 0 Å². The Bertz CT molecular complexity index is 3580. The van der Waals surface area contributed by atoms with Crippen molar-refractivity contribution in [1.82, 2.24) is 0 Å². The molecular weight excluding hydrogens is 1470 g/mol. The highest BCUT2D eigenvalue weighted by molar-refractivity contribution is 5.77. The molecule has 15 aliphatic carbocycles. The molecule has 0 aliphatic heterocycles. The van der Waals surface area contributed by atoms with E-state index >= 15 is 0 Å². The second-order valence-electron chi connectivity index (χ2n) is 50.4. The maximum Gasteiger partial charge on any atom is 0.309 e. The molecule has 0 spiro atoms. The van der Waals surface area contributed by atoms with E-state index in [9.17, 15) is 29.7 Å². The van der Waals surface area contributed by atoms with Crippen LogP contribution in [0.3, 0.4) is 0 Å². The van der Waals surface area contributed by atoms with E-state index in [-0.39, 0.29) is 132 Å². The zero-order valence-electron chi connectivity index (χ0n) is 81.7. The average molecular weight is 1650 g/mol. The largest absolute Gasteiger partial charge is 0.481 e. The Labute approximate surface area is 722 Å². The Balaban J connectivity index is 0.000000153. The van der Waals surface area contributed by atoms with Gasteiger partial charge in [0.15, 0.2) is 0 Å². The van der Waals surface area contributed by atoms with Crippen LogP contribution >= 0.6 is 0 Å². The number of fused-ring (bicyclic) bond motifs is 21. The molecule has 15 rings (SSSR count). The first-order valence-electron chi connectivity index (χ1n) is 50.2. The number of aliphatic carboxylic acids is 3. The highest BCUT2D eigenvalue weighted by Crippen LogP contribution is 2.83. The van der Waals surface area contributed by atoms with E-state index in [0.29, 0.717) is 101 Å². The molecular formula is C106H182O12. The van der Waals surface area contributed by atoms with Crippen LogP contribution in [0, 0.1) is 188 Å². The molecule has 36 unspecified atom stereocenters. The van der Waals surface area contributed by atoms with Gasteiger partial charge in [-0.25, -0.2) is 0 Å². The van der Waals surface area contributed by atoms with Crippen molar-refractivity contribution in [2.45, 2.75) is 449 Å². The van der Waals surface area contributed by atoms with Gasteiger partial charge in [0.2, 0.25) is 0 Å². The van der Waals surface area contributed by atoms with Crippen molar-refractivity contribution in [3.05, 3.63) is 0 Å². The number of carboxylic acid groups (broad SMARTS) is 3. The highest BCUT2D eigenvalue weighted by Gasteiger charge is 2.79. The molecule has 0 heterocycles. The van der Waals surface area contributed by atoms with Crippen LogP contribution in [-0.4, -0.2) is 107 Å². The molecule has 15 aliphatic rings. The predicted octanol–water partition coefficient (Wildman–Crippen LogP) is 26.2. The maximum absolute atomic E-state index is 13.1.